The summed E-state index contributed by atoms with van der Waals surface area (Å²) in [4.78, 5) is 12.8. The molecule has 1 aliphatic heterocycles. The maximum atomic E-state index is 4.97. The van der Waals surface area contributed by atoms with Gasteiger partial charge < -0.3 is 10.3 Å². The van der Waals surface area contributed by atoms with E-state index in [9.17, 15) is 0 Å². The number of rotatable bonds is 3. The van der Waals surface area contributed by atoms with Crippen LogP contribution in [0.1, 0.15) is 12.1 Å². The standard InChI is InChI=1S/C24H20N6/c1-4-17(16-3-2-10-26-14-16)18-13-22(27-20(18)5-1)24-23-21(29-30-24)7-6-19(28-23)15-8-11-25-12-9-15/h1-8,10,13-14,25,27H,9,11-12H2,(H,29,30). The first-order chi connectivity index (χ1) is 14.9. The molecule has 0 saturated heterocycles. The predicted molar refractivity (Wildman–Crippen MR) is 120 cm³/mol. The van der Waals surface area contributed by atoms with Crippen LogP contribution in [0, 0.1) is 0 Å². The van der Waals surface area contributed by atoms with Gasteiger partial charge in [0.2, 0.25) is 0 Å². The van der Waals surface area contributed by atoms with Gasteiger partial charge in [0.05, 0.1) is 16.9 Å². The topological polar surface area (TPSA) is 82.3 Å². The molecule has 0 saturated carbocycles. The van der Waals surface area contributed by atoms with E-state index in [0.717, 1.165) is 69.7 Å². The van der Waals surface area contributed by atoms with Crippen molar-refractivity contribution in [2.45, 2.75) is 6.42 Å². The first-order valence-electron chi connectivity index (χ1n) is 10.1. The highest BCUT2D eigenvalue weighted by molar-refractivity contribution is 6.00. The Bertz CT molecular complexity index is 1390. The Hall–Kier alpha value is -3.77. The van der Waals surface area contributed by atoms with Crippen LogP contribution in [0.25, 0.3) is 50.0 Å². The monoisotopic (exact) mass is 392 g/mol. The number of fused-ring (bicyclic) bond motifs is 2. The van der Waals surface area contributed by atoms with Crippen LogP contribution in [0.5, 0.6) is 0 Å². The molecular weight excluding hydrogens is 372 g/mol. The van der Waals surface area contributed by atoms with Gasteiger partial charge in [0.15, 0.2) is 0 Å². The van der Waals surface area contributed by atoms with Gasteiger partial charge in [-0.1, -0.05) is 24.3 Å². The van der Waals surface area contributed by atoms with Crippen molar-refractivity contribution in [3.63, 3.8) is 0 Å². The minimum Gasteiger partial charge on any atom is -0.353 e. The molecule has 6 heteroatoms. The Kier molecular flexibility index (Phi) is 3.95. The van der Waals surface area contributed by atoms with E-state index in [2.05, 4.69) is 74.0 Å². The molecule has 30 heavy (non-hydrogen) atoms. The van der Waals surface area contributed by atoms with Crippen molar-refractivity contribution in [2.24, 2.45) is 0 Å². The number of aromatic amines is 2. The van der Waals surface area contributed by atoms with Crippen molar-refractivity contribution in [1.29, 1.82) is 0 Å². The largest absolute Gasteiger partial charge is 0.353 e. The molecule has 0 radical (unpaired) electrons. The van der Waals surface area contributed by atoms with Crippen LogP contribution in [-0.2, 0) is 0 Å². The van der Waals surface area contributed by atoms with Crippen LogP contribution in [0.3, 0.4) is 0 Å². The molecule has 0 amide bonds. The zero-order valence-corrected chi connectivity index (χ0v) is 16.3. The molecule has 0 aliphatic carbocycles. The quantitative estimate of drug-likeness (QED) is 0.421. The average molecular weight is 392 g/mol. The molecule has 0 fully saturated rings. The smallest absolute Gasteiger partial charge is 0.135 e. The molecule has 0 atom stereocenters. The van der Waals surface area contributed by atoms with Crippen LogP contribution < -0.4 is 5.32 Å². The fourth-order valence-corrected chi connectivity index (χ4v) is 4.18. The van der Waals surface area contributed by atoms with Crippen molar-refractivity contribution < 1.29 is 0 Å². The number of nitrogens with one attached hydrogen (secondary N) is 3. The van der Waals surface area contributed by atoms with Gasteiger partial charge >= 0.3 is 0 Å². The SMILES string of the molecule is C1=C(c2ccc3[nH]nc(-c4cc5c(-c6cccnc6)cccc5[nH]4)c3n2)CCNC1. The first kappa shape index (κ1) is 17.1. The van der Waals surface area contributed by atoms with E-state index in [1.165, 1.54) is 5.57 Å². The van der Waals surface area contributed by atoms with Crippen LogP contribution >= 0.6 is 0 Å². The third-order valence-corrected chi connectivity index (χ3v) is 5.69. The van der Waals surface area contributed by atoms with Crippen molar-refractivity contribution in [1.82, 2.24) is 30.5 Å². The highest BCUT2D eigenvalue weighted by atomic mass is 15.1. The van der Waals surface area contributed by atoms with Crippen LogP contribution in [0.4, 0.5) is 0 Å². The van der Waals surface area contributed by atoms with Gasteiger partial charge in [-0.2, -0.15) is 5.10 Å². The molecule has 5 heterocycles. The van der Waals surface area contributed by atoms with E-state index in [-0.39, 0.29) is 0 Å². The van der Waals surface area contributed by atoms with Gasteiger partial charge in [0.1, 0.15) is 11.2 Å². The molecule has 1 aliphatic rings. The number of aromatic nitrogens is 5. The zero-order valence-electron chi connectivity index (χ0n) is 16.3. The van der Waals surface area contributed by atoms with Crippen LogP contribution in [0.15, 0.2) is 67.0 Å². The van der Waals surface area contributed by atoms with Crippen molar-refractivity contribution >= 4 is 27.5 Å². The fourth-order valence-electron chi connectivity index (χ4n) is 4.18. The van der Waals surface area contributed by atoms with Crippen LogP contribution in [-0.4, -0.2) is 38.2 Å². The Labute approximate surface area is 173 Å². The molecule has 3 N–H and O–H groups in total. The van der Waals surface area contributed by atoms with Crippen molar-refractivity contribution in [2.75, 3.05) is 13.1 Å². The van der Waals surface area contributed by atoms with E-state index in [4.69, 9.17) is 4.98 Å². The molecule has 6 rings (SSSR count). The van der Waals surface area contributed by atoms with Gasteiger partial charge in [-0.3, -0.25) is 10.1 Å². The van der Waals surface area contributed by atoms with Crippen LogP contribution in [0.2, 0.25) is 0 Å². The summed E-state index contributed by atoms with van der Waals surface area (Å²) < 4.78 is 0. The number of pyridine rings is 2. The Morgan fingerprint density at radius 1 is 0.967 bits per heavy atom. The summed E-state index contributed by atoms with van der Waals surface area (Å²) in [6, 6.07) is 16.6. The van der Waals surface area contributed by atoms with E-state index in [1.54, 1.807) is 6.20 Å². The summed E-state index contributed by atoms with van der Waals surface area (Å²) in [5.74, 6) is 0. The minimum absolute atomic E-state index is 0.842. The zero-order chi connectivity index (χ0) is 19.9. The highest BCUT2D eigenvalue weighted by Crippen LogP contribution is 2.33. The highest BCUT2D eigenvalue weighted by Gasteiger charge is 2.16. The second-order valence-corrected chi connectivity index (χ2v) is 7.54. The Balaban J connectivity index is 1.50. The first-order valence-corrected chi connectivity index (χ1v) is 10.1. The lowest BCUT2D eigenvalue weighted by molar-refractivity contribution is 0.737. The number of H-pyrrole nitrogens is 2. The average Bonchev–Trinajstić information content (AvgIpc) is 3.43. The van der Waals surface area contributed by atoms with Gasteiger partial charge in [0.25, 0.3) is 0 Å². The number of benzene rings is 1. The summed E-state index contributed by atoms with van der Waals surface area (Å²) in [5, 5.41) is 12.2. The second-order valence-electron chi connectivity index (χ2n) is 7.54. The van der Waals surface area contributed by atoms with E-state index >= 15 is 0 Å². The lowest BCUT2D eigenvalue weighted by Gasteiger charge is -2.13. The Morgan fingerprint density at radius 2 is 1.97 bits per heavy atom. The van der Waals surface area contributed by atoms with Gasteiger partial charge in [0, 0.05) is 35.4 Å². The van der Waals surface area contributed by atoms with Gasteiger partial charge in [-0.05, 0) is 54.4 Å². The number of hydrogen-bond donors (Lipinski definition) is 3. The molecule has 5 aromatic rings. The van der Waals surface area contributed by atoms with Crippen molar-refractivity contribution in [3.05, 3.63) is 72.7 Å². The number of nitrogens with zero attached hydrogens (tertiary/aromatic N) is 3. The summed E-state index contributed by atoms with van der Waals surface area (Å²) >= 11 is 0. The molecule has 0 bridgehead atoms. The summed E-state index contributed by atoms with van der Waals surface area (Å²) in [7, 11) is 0. The molecular formula is C24H20N6. The van der Waals surface area contributed by atoms with Gasteiger partial charge in [-0.15, -0.1) is 0 Å². The lowest BCUT2D eigenvalue weighted by Crippen LogP contribution is -2.20. The van der Waals surface area contributed by atoms with E-state index in [1.807, 2.05) is 12.3 Å². The summed E-state index contributed by atoms with van der Waals surface area (Å²) in [6.07, 6.45) is 6.90. The summed E-state index contributed by atoms with van der Waals surface area (Å²) in [5.41, 5.74) is 9.26. The normalized spacial score (nSPS) is 14.3. The molecule has 0 unspecified atom stereocenters. The third-order valence-electron chi connectivity index (χ3n) is 5.69. The molecule has 146 valence electrons. The van der Waals surface area contributed by atoms with E-state index in [0.29, 0.717) is 0 Å². The van der Waals surface area contributed by atoms with Crippen molar-refractivity contribution in [3.8, 4) is 22.5 Å². The molecule has 1 aromatic carbocycles. The summed E-state index contributed by atoms with van der Waals surface area (Å²) in [6.45, 7) is 1.88. The molecule has 4 aromatic heterocycles. The van der Waals surface area contributed by atoms with E-state index < -0.39 is 0 Å². The Morgan fingerprint density at radius 3 is 2.83 bits per heavy atom. The maximum absolute atomic E-state index is 4.97. The number of hydrogen-bond acceptors (Lipinski definition) is 4. The molecule has 0 spiro atoms. The lowest BCUT2D eigenvalue weighted by atomic mass is 10.0. The maximum Gasteiger partial charge on any atom is 0.135 e. The minimum atomic E-state index is 0.842. The predicted octanol–water partition coefficient (Wildman–Crippen LogP) is 4.54. The fraction of sp³-hybridized carbons (Fsp3) is 0.125. The molecule has 6 nitrogen and oxygen atoms in total. The second kappa shape index (κ2) is 6.93. The van der Waals surface area contributed by atoms with Gasteiger partial charge in [-0.25, -0.2) is 4.98 Å². The third kappa shape index (κ3) is 2.81.